The molecule has 3 heterocycles. The van der Waals surface area contributed by atoms with E-state index in [4.69, 9.17) is 4.42 Å². The van der Waals surface area contributed by atoms with Crippen molar-refractivity contribution in [3.63, 3.8) is 0 Å². The SMILES string of the molecule is O=C(Cc1coc2c(F)c(F)ccc12)Nc1ccn(CCN2CCNC2=O)n1. The van der Waals surface area contributed by atoms with Crippen LogP contribution in [0.4, 0.5) is 19.4 Å². The number of carbonyl (C=O) groups excluding carboxylic acids is 2. The third-order valence-electron chi connectivity index (χ3n) is 4.52. The van der Waals surface area contributed by atoms with Crippen LogP contribution in [-0.2, 0) is 17.8 Å². The normalized spacial score (nSPS) is 13.9. The molecule has 1 saturated heterocycles. The van der Waals surface area contributed by atoms with Crippen LogP contribution < -0.4 is 10.6 Å². The van der Waals surface area contributed by atoms with E-state index in [-0.39, 0.29) is 23.9 Å². The molecule has 28 heavy (non-hydrogen) atoms. The van der Waals surface area contributed by atoms with Crippen LogP contribution in [0.3, 0.4) is 0 Å². The molecule has 146 valence electrons. The summed E-state index contributed by atoms with van der Waals surface area (Å²) in [7, 11) is 0. The monoisotopic (exact) mass is 389 g/mol. The fourth-order valence-corrected chi connectivity index (χ4v) is 3.09. The minimum absolute atomic E-state index is 0.0706. The number of amides is 3. The Labute approximate surface area is 158 Å². The molecule has 0 unspecified atom stereocenters. The van der Waals surface area contributed by atoms with Crippen molar-refractivity contribution in [1.82, 2.24) is 20.0 Å². The van der Waals surface area contributed by atoms with Crippen LogP contribution in [0, 0.1) is 11.6 Å². The second-order valence-corrected chi connectivity index (χ2v) is 6.41. The standard InChI is InChI=1S/C18H17F2N5O3/c19-13-2-1-12-11(10-28-17(12)16(13)20)9-15(26)22-14-3-5-25(23-14)8-7-24-6-4-21-18(24)27/h1-3,5,10H,4,6-9H2,(H,21,27)(H,22,23,26). The predicted molar refractivity (Wildman–Crippen MR) is 95.7 cm³/mol. The van der Waals surface area contributed by atoms with Crippen molar-refractivity contribution >= 4 is 28.7 Å². The number of hydrogen-bond donors (Lipinski definition) is 2. The number of furan rings is 1. The number of halogens is 2. The molecular formula is C18H17F2N5O3. The van der Waals surface area contributed by atoms with Gasteiger partial charge in [0.25, 0.3) is 0 Å². The Morgan fingerprint density at radius 2 is 2.14 bits per heavy atom. The molecule has 1 aromatic carbocycles. The van der Waals surface area contributed by atoms with Crippen molar-refractivity contribution in [3.05, 3.63) is 47.9 Å². The molecule has 4 rings (SSSR count). The fourth-order valence-electron chi connectivity index (χ4n) is 3.09. The second-order valence-electron chi connectivity index (χ2n) is 6.41. The fraction of sp³-hybridized carbons (Fsp3) is 0.278. The minimum atomic E-state index is -1.07. The van der Waals surface area contributed by atoms with Gasteiger partial charge in [-0.25, -0.2) is 9.18 Å². The van der Waals surface area contributed by atoms with Gasteiger partial charge in [-0.1, -0.05) is 0 Å². The number of urea groups is 1. The van der Waals surface area contributed by atoms with Gasteiger partial charge in [-0.15, -0.1) is 0 Å². The molecular weight excluding hydrogens is 372 g/mol. The van der Waals surface area contributed by atoms with Gasteiger partial charge >= 0.3 is 6.03 Å². The van der Waals surface area contributed by atoms with Gasteiger partial charge in [0.05, 0.1) is 19.2 Å². The quantitative estimate of drug-likeness (QED) is 0.676. The Kier molecular flexibility index (Phi) is 4.68. The third-order valence-corrected chi connectivity index (χ3v) is 4.52. The van der Waals surface area contributed by atoms with E-state index < -0.39 is 11.6 Å². The summed E-state index contributed by atoms with van der Waals surface area (Å²) in [5.74, 6) is -2.08. The van der Waals surface area contributed by atoms with Gasteiger partial charge in [0.15, 0.2) is 17.2 Å². The van der Waals surface area contributed by atoms with Crippen molar-refractivity contribution in [2.75, 3.05) is 25.0 Å². The molecule has 0 radical (unpaired) electrons. The number of nitrogens with one attached hydrogen (secondary N) is 2. The lowest BCUT2D eigenvalue weighted by Crippen LogP contribution is -2.31. The highest BCUT2D eigenvalue weighted by molar-refractivity contribution is 5.94. The Morgan fingerprint density at radius 3 is 2.93 bits per heavy atom. The molecule has 8 nitrogen and oxygen atoms in total. The van der Waals surface area contributed by atoms with E-state index in [9.17, 15) is 18.4 Å². The topological polar surface area (TPSA) is 92.4 Å². The van der Waals surface area contributed by atoms with Crippen LogP contribution in [0.5, 0.6) is 0 Å². The predicted octanol–water partition coefficient (Wildman–Crippen LogP) is 2.11. The Hall–Kier alpha value is -3.43. The molecule has 0 spiro atoms. The first-order chi connectivity index (χ1) is 13.5. The summed E-state index contributed by atoms with van der Waals surface area (Å²) >= 11 is 0. The molecule has 1 aliphatic rings. The number of nitrogens with zero attached hydrogens (tertiary/aromatic N) is 3. The van der Waals surface area contributed by atoms with Crippen molar-refractivity contribution in [3.8, 4) is 0 Å². The lowest BCUT2D eigenvalue weighted by atomic mass is 10.1. The highest BCUT2D eigenvalue weighted by Gasteiger charge is 2.19. The lowest BCUT2D eigenvalue weighted by Gasteiger charge is -2.13. The first-order valence-corrected chi connectivity index (χ1v) is 8.71. The second kappa shape index (κ2) is 7.29. The van der Waals surface area contributed by atoms with E-state index >= 15 is 0 Å². The zero-order valence-electron chi connectivity index (χ0n) is 14.7. The minimum Gasteiger partial charge on any atom is -0.461 e. The van der Waals surface area contributed by atoms with E-state index in [1.165, 1.54) is 12.3 Å². The van der Waals surface area contributed by atoms with Crippen molar-refractivity contribution in [2.24, 2.45) is 0 Å². The molecule has 2 N–H and O–H groups in total. The third kappa shape index (κ3) is 3.53. The van der Waals surface area contributed by atoms with Gasteiger partial charge in [-0.3, -0.25) is 9.48 Å². The van der Waals surface area contributed by atoms with E-state index in [2.05, 4.69) is 15.7 Å². The van der Waals surface area contributed by atoms with Crippen LogP contribution in [0.25, 0.3) is 11.0 Å². The first kappa shape index (κ1) is 18.0. The molecule has 10 heteroatoms. The van der Waals surface area contributed by atoms with E-state index in [1.807, 2.05) is 0 Å². The van der Waals surface area contributed by atoms with Crippen molar-refractivity contribution < 1.29 is 22.8 Å². The average molecular weight is 389 g/mol. The van der Waals surface area contributed by atoms with Crippen LogP contribution in [0.1, 0.15) is 5.56 Å². The summed E-state index contributed by atoms with van der Waals surface area (Å²) in [6, 6.07) is 3.93. The summed E-state index contributed by atoms with van der Waals surface area (Å²) in [6.45, 7) is 2.32. The van der Waals surface area contributed by atoms with Crippen LogP contribution >= 0.6 is 0 Å². The number of fused-ring (bicyclic) bond motifs is 1. The number of aromatic nitrogens is 2. The Morgan fingerprint density at radius 1 is 1.29 bits per heavy atom. The van der Waals surface area contributed by atoms with Gasteiger partial charge in [0.2, 0.25) is 11.7 Å². The van der Waals surface area contributed by atoms with Gasteiger partial charge < -0.3 is 20.0 Å². The highest BCUT2D eigenvalue weighted by Crippen LogP contribution is 2.26. The van der Waals surface area contributed by atoms with Gasteiger partial charge in [-0.2, -0.15) is 9.49 Å². The number of benzene rings is 1. The molecule has 0 atom stereocenters. The molecule has 1 fully saturated rings. The van der Waals surface area contributed by atoms with Gasteiger partial charge in [0, 0.05) is 42.8 Å². The van der Waals surface area contributed by atoms with Crippen LogP contribution in [-0.4, -0.2) is 46.3 Å². The molecule has 0 saturated carbocycles. The summed E-state index contributed by atoms with van der Waals surface area (Å²) in [5, 5.41) is 9.98. The summed E-state index contributed by atoms with van der Waals surface area (Å²) in [6.07, 6.45) is 2.88. The molecule has 3 aromatic rings. The molecule has 0 bridgehead atoms. The number of carbonyl (C=O) groups is 2. The summed E-state index contributed by atoms with van der Waals surface area (Å²) in [4.78, 5) is 25.5. The Balaban J connectivity index is 1.36. The lowest BCUT2D eigenvalue weighted by molar-refractivity contribution is -0.115. The number of anilines is 1. The first-order valence-electron chi connectivity index (χ1n) is 8.71. The maximum absolute atomic E-state index is 13.7. The van der Waals surface area contributed by atoms with E-state index in [0.717, 1.165) is 6.07 Å². The maximum Gasteiger partial charge on any atom is 0.317 e. The number of hydrogen-bond acceptors (Lipinski definition) is 4. The smallest absolute Gasteiger partial charge is 0.317 e. The van der Waals surface area contributed by atoms with Crippen molar-refractivity contribution in [2.45, 2.75) is 13.0 Å². The van der Waals surface area contributed by atoms with E-state index in [0.29, 0.717) is 42.9 Å². The summed E-state index contributed by atoms with van der Waals surface area (Å²) in [5.41, 5.74) is 0.240. The Bertz CT molecular complexity index is 1050. The zero-order valence-corrected chi connectivity index (χ0v) is 14.7. The average Bonchev–Trinajstić information content (AvgIpc) is 3.38. The van der Waals surface area contributed by atoms with Gasteiger partial charge in [0.1, 0.15) is 0 Å². The molecule has 2 aromatic heterocycles. The maximum atomic E-state index is 13.7. The van der Waals surface area contributed by atoms with E-state index in [1.54, 1.807) is 21.8 Å². The number of rotatable bonds is 6. The van der Waals surface area contributed by atoms with Crippen LogP contribution in [0.15, 0.2) is 35.1 Å². The zero-order chi connectivity index (χ0) is 19.7. The summed E-state index contributed by atoms with van der Waals surface area (Å²) < 4.78 is 33.6. The van der Waals surface area contributed by atoms with Crippen LogP contribution in [0.2, 0.25) is 0 Å². The largest absolute Gasteiger partial charge is 0.461 e. The molecule has 0 aliphatic carbocycles. The van der Waals surface area contributed by atoms with Gasteiger partial charge in [-0.05, 0) is 12.1 Å². The highest BCUT2D eigenvalue weighted by atomic mass is 19.2. The molecule has 3 amide bonds. The molecule has 1 aliphatic heterocycles. The van der Waals surface area contributed by atoms with Crippen molar-refractivity contribution in [1.29, 1.82) is 0 Å².